The minimum absolute atomic E-state index is 0.118. The summed E-state index contributed by atoms with van der Waals surface area (Å²) in [6, 6.07) is 0. The van der Waals surface area contributed by atoms with Crippen LogP contribution < -0.4 is 0 Å². The zero-order valence-corrected chi connectivity index (χ0v) is 7.19. The summed E-state index contributed by atoms with van der Waals surface area (Å²) in [6.45, 7) is 0. The third-order valence-electron chi connectivity index (χ3n) is 0.877. The third-order valence-corrected chi connectivity index (χ3v) is 2.38. The minimum atomic E-state index is -0.566. The Balaban J connectivity index is 3.91. The van der Waals surface area contributed by atoms with Gasteiger partial charge in [0.2, 0.25) is 0 Å². The highest BCUT2D eigenvalue weighted by atomic mass is 31.1. The first-order valence-corrected chi connectivity index (χ1v) is 4.46. The molecule has 0 heterocycles. The molecule has 0 rings (SSSR count). The van der Waals surface area contributed by atoms with Crippen LogP contribution in [0.1, 0.15) is 0 Å². The highest BCUT2D eigenvalue weighted by Gasteiger charge is 2.16. The smallest absolute Gasteiger partial charge is 0.319 e. The summed E-state index contributed by atoms with van der Waals surface area (Å²) in [5.41, 5.74) is -0.566. The van der Waals surface area contributed by atoms with Crippen molar-refractivity contribution in [3.05, 3.63) is 0 Å². The summed E-state index contributed by atoms with van der Waals surface area (Å²) in [6.07, 6.45) is 0.164. The maximum absolute atomic E-state index is 10.6. The van der Waals surface area contributed by atoms with E-state index in [9.17, 15) is 9.36 Å². The quantitative estimate of drug-likeness (QED) is 0.525. The van der Waals surface area contributed by atoms with E-state index in [0.29, 0.717) is 0 Å². The van der Waals surface area contributed by atoms with Gasteiger partial charge in [0.1, 0.15) is 5.66 Å². The van der Waals surface area contributed by atoms with E-state index in [1.165, 1.54) is 7.11 Å². The number of rotatable bonds is 4. The minimum Gasteiger partial charge on any atom is -0.468 e. The Hall–Kier alpha value is -0.330. The Morgan fingerprint density at radius 3 is 2.70 bits per heavy atom. The second kappa shape index (κ2) is 5.45. The van der Waals surface area contributed by atoms with E-state index in [-0.39, 0.29) is 23.0 Å². The molecule has 0 aromatic heterocycles. The number of esters is 1. The molecule has 0 bridgehead atoms. The molecular weight excluding hydrogens is 172 g/mol. The van der Waals surface area contributed by atoms with Crippen molar-refractivity contribution in [2.24, 2.45) is 0 Å². The topological polar surface area (TPSA) is 67.2 Å². The number of ether oxygens (including phenoxy) is 1. The predicted molar refractivity (Wildman–Crippen MR) is 37.9 cm³/mol. The first-order valence-electron chi connectivity index (χ1n) is 2.49. The van der Waals surface area contributed by atoms with Crippen LogP contribution in [0.4, 0.5) is 0 Å². The van der Waals surface area contributed by atoms with Gasteiger partial charge in [0, 0.05) is 8.37 Å². The van der Waals surface area contributed by atoms with Gasteiger partial charge in [-0.2, -0.15) is 0 Å². The number of carbonyl (C=O) groups excluding carboxylic acids is 1. The fourth-order valence-corrected chi connectivity index (χ4v) is 1.40. The molecule has 4 nitrogen and oxygen atoms in total. The largest absolute Gasteiger partial charge is 0.468 e. The average molecular weight is 179 g/mol. The summed E-state index contributed by atoms with van der Waals surface area (Å²) in [7, 11) is 1.29. The lowest BCUT2D eigenvalue weighted by atomic mass is 10.5. The first kappa shape index (κ1) is 9.67. The van der Waals surface area contributed by atoms with E-state index in [0.717, 1.165) is 0 Å². The van der Waals surface area contributed by atoms with Crippen molar-refractivity contribution in [2.45, 2.75) is 5.66 Å². The molecule has 56 valence electrons. The van der Waals surface area contributed by atoms with Crippen LogP contribution in [0, 0.1) is 5.16 Å². The number of methoxy groups -OCH3 is 1. The van der Waals surface area contributed by atoms with Gasteiger partial charge in [-0.05, 0) is 0 Å². The van der Waals surface area contributed by atoms with Gasteiger partial charge in [-0.1, -0.05) is 0 Å². The van der Waals surface area contributed by atoms with Crippen LogP contribution in [-0.4, -0.2) is 24.9 Å². The van der Waals surface area contributed by atoms with Crippen LogP contribution in [0.2, 0.25) is 0 Å². The van der Waals surface area contributed by atoms with Crippen LogP contribution in [-0.2, 0) is 14.1 Å². The van der Waals surface area contributed by atoms with Crippen molar-refractivity contribution >= 4 is 22.8 Å². The van der Waals surface area contributed by atoms with Gasteiger partial charge in [-0.15, -0.1) is 0 Å². The molecule has 0 aliphatic carbocycles. The fraction of sp³-hybridized carbons (Fsp3) is 0.750. The molecule has 0 fully saturated rings. The molecule has 6 heteroatoms. The van der Waals surface area contributed by atoms with Gasteiger partial charge < -0.3 is 4.74 Å². The van der Waals surface area contributed by atoms with Gasteiger partial charge in [-0.3, -0.25) is 14.5 Å². The molecule has 1 unspecified atom stereocenters. The standard InChI is InChI=1S/C4H7NO3P2/c1-8-4(6)3(10-5)2-9-7/h3,5H,2H2,1H3. The average Bonchev–Trinajstić information content (AvgIpc) is 1.99. The van der Waals surface area contributed by atoms with E-state index < -0.39 is 11.6 Å². The van der Waals surface area contributed by atoms with Crippen LogP contribution in [0.3, 0.4) is 0 Å². The summed E-state index contributed by atoms with van der Waals surface area (Å²) in [5, 5.41) is 6.83. The molecule has 0 radical (unpaired) electrons. The van der Waals surface area contributed by atoms with E-state index >= 15 is 0 Å². The highest BCUT2D eigenvalue weighted by molar-refractivity contribution is 7.31. The highest BCUT2D eigenvalue weighted by Crippen LogP contribution is 2.13. The summed E-state index contributed by atoms with van der Waals surface area (Å²) in [5.74, 6) is -0.472. The Kier molecular flexibility index (Phi) is 5.27. The van der Waals surface area contributed by atoms with Crippen LogP contribution in [0.5, 0.6) is 0 Å². The van der Waals surface area contributed by atoms with Crippen molar-refractivity contribution in [1.29, 1.82) is 5.16 Å². The molecule has 10 heavy (non-hydrogen) atoms. The Morgan fingerprint density at radius 2 is 2.40 bits per heavy atom. The fourth-order valence-electron chi connectivity index (χ4n) is 0.375. The number of hydrogen-bond donors (Lipinski definition) is 1. The van der Waals surface area contributed by atoms with Crippen LogP contribution >= 0.6 is 16.8 Å². The molecule has 0 aromatic rings. The molecule has 0 aliphatic rings. The molecule has 0 saturated carbocycles. The van der Waals surface area contributed by atoms with E-state index in [4.69, 9.17) is 5.16 Å². The summed E-state index contributed by atoms with van der Waals surface area (Å²) < 4.78 is 14.3. The molecular formula is C4H7NO3P2. The summed E-state index contributed by atoms with van der Waals surface area (Å²) in [4.78, 5) is 10.6. The Bertz CT molecular complexity index is 149. The normalized spacial score (nSPS) is 13.3. The zero-order valence-electron chi connectivity index (χ0n) is 5.40. The lowest BCUT2D eigenvalue weighted by Crippen LogP contribution is -2.17. The third kappa shape index (κ3) is 3.00. The van der Waals surface area contributed by atoms with Crippen molar-refractivity contribution < 1.29 is 14.1 Å². The first-order chi connectivity index (χ1) is 4.76. The molecule has 0 amide bonds. The van der Waals surface area contributed by atoms with Crippen molar-refractivity contribution in [1.82, 2.24) is 0 Å². The number of carbonyl (C=O) groups is 1. The second-order valence-corrected chi connectivity index (χ2v) is 2.98. The SMILES string of the molecule is COC(=O)C(CP=O)P=N. The maximum atomic E-state index is 10.6. The van der Waals surface area contributed by atoms with Crippen molar-refractivity contribution in [3.8, 4) is 0 Å². The molecule has 0 aromatic carbocycles. The summed E-state index contributed by atoms with van der Waals surface area (Å²) >= 11 is 0. The predicted octanol–water partition coefficient (Wildman–Crippen LogP) is 1.53. The van der Waals surface area contributed by atoms with Crippen molar-refractivity contribution in [3.63, 3.8) is 0 Å². The molecule has 0 aliphatic heterocycles. The lowest BCUT2D eigenvalue weighted by molar-refractivity contribution is -0.139. The van der Waals surface area contributed by atoms with Gasteiger partial charge in [0.25, 0.3) is 0 Å². The van der Waals surface area contributed by atoms with E-state index in [2.05, 4.69) is 4.74 Å². The number of hydrogen-bond acceptors (Lipinski definition) is 4. The Morgan fingerprint density at radius 1 is 1.80 bits per heavy atom. The molecule has 0 saturated heterocycles. The molecule has 1 atom stereocenters. The maximum Gasteiger partial charge on any atom is 0.319 e. The van der Waals surface area contributed by atoms with Crippen LogP contribution in [0.25, 0.3) is 0 Å². The Labute approximate surface area is 61.8 Å². The van der Waals surface area contributed by atoms with Gasteiger partial charge in [0.05, 0.1) is 13.3 Å². The van der Waals surface area contributed by atoms with Crippen LogP contribution in [0.15, 0.2) is 0 Å². The van der Waals surface area contributed by atoms with Gasteiger partial charge in [-0.25, -0.2) is 0 Å². The zero-order chi connectivity index (χ0) is 7.98. The molecule has 1 N–H and O–H groups in total. The number of nitrogens with one attached hydrogen (secondary N) is 1. The van der Waals surface area contributed by atoms with E-state index in [1.54, 1.807) is 0 Å². The van der Waals surface area contributed by atoms with E-state index in [1.807, 2.05) is 0 Å². The van der Waals surface area contributed by atoms with Crippen molar-refractivity contribution in [2.75, 3.05) is 13.3 Å². The molecule has 0 spiro atoms. The lowest BCUT2D eigenvalue weighted by Gasteiger charge is -2.01. The second-order valence-electron chi connectivity index (χ2n) is 1.48. The van der Waals surface area contributed by atoms with Gasteiger partial charge >= 0.3 is 5.97 Å². The monoisotopic (exact) mass is 179 g/mol. The van der Waals surface area contributed by atoms with Gasteiger partial charge in [0.15, 0.2) is 8.46 Å².